The highest BCUT2D eigenvalue weighted by Crippen LogP contribution is 2.30. The smallest absolute Gasteiger partial charge is 0.244 e. The van der Waals surface area contributed by atoms with Crippen molar-refractivity contribution in [3.63, 3.8) is 0 Å². The average Bonchev–Trinajstić information content (AvgIpc) is 3.64. The first-order valence-corrected chi connectivity index (χ1v) is 14.0. The normalized spacial score (nSPS) is 14.4. The van der Waals surface area contributed by atoms with Crippen molar-refractivity contribution >= 4 is 17.4 Å². The minimum Gasteiger partial charge on any atom is -0.353 e. The minimum atomic E-state index is -0.310. The van der Waals surface area contributed by atoms with E-state index in [9.17, 15) is 10.1 Å². The van der Waals surface area contributed by atoms with Gasteiger partial charge in [-0.05, 0) is 56.4 Å². The Kier molecular flexibility index (Phi) is 7.19. The van der Waals surface area contributed by atoms with Gasteiger partial charge in [-0.2, -0.15) is 10.4 Å². The third-order valence-corrected chi connectivity index (χ3v) is 7.86. The number of nitriles is 1. The van der Waals surface area contributed by atoms with Gasteiger partial charge in [-0.15, -0.1) is 0 Å². The molecule has 1 aliphatic heterocycles. The fourth-order valence-corrected chi connectivity index (χ4v) is 5.61. The van der Waals surface area contributed by atoms with Crippen molar-refractivity contribution in [1.82, 2.24) is 33.9 Å². The first kappa shape index (κ1) is 27.2. The Morgan fingerprint density at radius 1 is 0.929 bits per heavy atom. The van der Waals surface area contributed by atoms with E-state index in [0.29, 0.717) is 37.5 Å². The van der Waals surface area contributed by atoms with Crippen LogP contribution in [0.3, 0.4) is 0 Å². The molecule has 42 heavy (non-hydrogen) atoms. The number of imidazole rings is 1. The molecule has 0 spiro atoms. The van der Waals surface area contributed by atoms with Crippen molar-refractivity contribution in [2.24, 2.45) is 7.05 Å². The number of carbonyl (C=O) groups is 1. The predicted molar refractivity (Wildman–Crippen MR) is 162 cm³/mol. The van der Waals surface area contributed by atoms with Crippen molar-refractivity contribution in [2.45, 2.75) is 13.0 Å². The molecule has 1 amide bonds. The van der Waals surface area contributed by atoms with Crippen molar-refractivity contribution < 1.29 is 4.79 Å². The van der Waals surface area contributed by atoms with E-state index in [1.807, 2.05) is 90.3 Å². The van der Waals surface area contributed by atoms with Crippen molar-refractivity contribution in [1.29, 1.82) is 5.26 Å². The molecule has 1 unspecified atom stereocenters. The zero-order chi connectivity index (χ0) is 29.4. The van der Waals surface area contributed by atoms with Gasteiger partial charge in [0.1, 0.15) is 29.3 Å². The molecule has 5 heterocycles. The molecule has 0 radical (unpaired) electrons. The number of anilines is 1. The number of aromatic nitrogens is 5. The molecule has 1 atom stereocenters. The maximum absolute atomic E-state index is 13.6. The van der Waals surface area contributed by atoms with E-state index in [4.69, 9.17) is 4.98 Å². The number of benzene rings is 1. The molecule has 1 aromatic carbocycles. The SMILES string of the molecule is Cc1ccc(C(C(=O)N2CCN(c3ccc(-c4cc(-c5cnn(C)c5)cc5ncc(C#N)n45)cn3)CC2)N(C)C)cc1. The van der Waals surface area contributed by atoms with Gasteiger partial charge in [0.15, 0.2) is 0 Å². The standard InChI is InChI=1S/C32H33N9O/c1-22-5-7-23(8-6-22)31(37(2)3)32(42)40-13-11-39(12-14-40)29-10-9-24(18-34-29)28-15-25(26-19-36-38(4)21-26)16-30-35-20-27(17-33)41(28)30/h5-10,15-16,18-21,31H,11-14H2,1-4H3. The second-order valence-electron chi connectivity index (χ2n) is 11.0. The summed E-state index contributed by atoms with van der Waals surface area (Å²) in [5.74, 6) is 0.984. The van der Waals surface area contributed by atoms with Gasteiger partial charge in [0.25, 0.3) is 0 Å². The predicted octanol–water partition coefficient (Wildman–Crippen LogP) is 3.93. The number of nitrogens with zero attached hydrogens (tertiary/aromatic N) is 9. The lowest BCUT2D eigenvalue weighted by molar-refractivity contribution is -0.136. The first-order chi connectivity index (χ1) is 20.3. The number of carbonyl (C=O) groups excluding carboxylic acids is 1. The number of fused-ring (bicyclic) bond motifs is 1. The summed E-state index contributed by atoms with van der Waals surface area (Å²) in [6.07, 6.45) is 7.21. The summed E-state index contributed by atoms with van der Waals surface area (Å²) in [6.45, 7) is 4.72. The number of piperazine rings is 1. The van der Waals surface area contributed by atoms with E-state index in [2.05, 4.69) is 40.1 Å². The monoisotopic (exact) mass is 559 g/mol. The molecule has 4 aromatic heterocycles. The lowest BCUT2D eigenvalue weighted by atomic mass is 10.0. The first-order valence-electron chi connectivity index (χ1n) is 14.0. The van der Waals surface area contributed by atoms with Gasteiger partial charge < -0.3 is 9.80 Å². The number of aryl methyl sites for hydroxylation is 2. The van der Waals surface area contributed by atoms with Crippen LogP contribution >= 0.6 is 0 Å². The van der Waals surface area contributed by atoms with Crippen LogP contribution in [0, 0.1) is 18.3 Å². The summed E-state index contributed by atoms with van der Waals surface area (Å²) >= 11 is 0. The second kappa shape index (κ2) is 11.1. The van der Waals surface area contributed by atoms with Crippen LogP contribution in [0.5, 0.6) is 0 Å². The van der Waals surface area contributed by atoms with Gasteiger partial charge >= 0.3 is 0 Å². The molecule has 0 aliphatic carbocycles. The third-order valence-electron chi connectivity index (χ3n) is 7.86. The van der Waals surface area contributed by atoms with Crippen LogP contribution in [0.2, 0.25) is 0 Å². The third kappa shape index (κ3) is 5.10. The number of hydrogen-bond donors (Lipinski definition) is 0. The molecule has 6 rings (SSSR count). The minimum absolute atomic E-state index is 0.123. The molecule has 5 aromatic rings. The van der Waals surface area contributed by atoms with Gasteiger partial charge in [-0.1, -0.05) is 29.8 Å². The fraction of sp³-hybridized carbons (Fsp3) is 0.281. The van der Waals surface area contributed by atoms with E-state index in [1.165, 1.54) is 5.56 Å². The summed E-state index contributed by atoms with van der Waals surface area (Å²) in [5.41, 5.74) is 6.99. The molecule has 0 bridgehead atoms. The number of amides is 1. The molecule has 1 saturated heterocycles. The number of likely N-dealkylation sites (N-methyl/N-ethyl adjacent to an activating group) is 1. The molecule has 0 N–H and O–H groups in total. The van der Waals surface area contributed by atoms with Crippen molar-refractivity contribution in [3.8, 4) is 28.5 Å². The number of rotatable bonds is 6. The Balaban J connectivity index is 1.21. The number of pyridine rings is 2. The van der Waals surface area contributed by atoms with Crippen LogP contribution in [-0.4, -0.2) is 80.1 Å². The van der Waals surface area contributed by atoms with Gasteiger partial charge in [0, 0.05) is 56.7 Å². The van der Waals surface area contributed by atoms with E-state index < -0.39 is 0 Å². The Bertz CT molecular complexity index is 1770. The maximum atomic E-state index is 13.6. The van der Waals surface area contributed by atoms with E-state index in [-0.39, 0.29) is 11.9 Å². The molecular weight excluding hydrogens is 526 g/mol. The summed E-state index contributed by atoms with van der Waals surface area (Å²) in [4.78, 5) is 29.0. The Morgan fingerprint density at radius 3 is 2.31 bits per heavy atom. The van der Waals surface area contributed by atoms with Crippen LogP contribution < -0.4 is 4.90 Å². The molecule has 10 nitrogen and oxygen atoms in total. The lowest BCUT2D eigenvalue weighted by Gasteiger charge is -2.38. The highest BCUT2D eigenvalue weighted by molar-refractivity contribution is 5.83. The zero-order valence-corrected chi connectivity index (χ0v) is 24.3. The molecule has 212 valence electrons. The lowest BCUT2D eigenvalue weighted by Crippen LogP contribution is -2.51. The second-order valence-corrected chi connectivity index (χ2v) is 11.0. The zero-order valence-electron chi connectivity index (χ0n) is 24.3. The summed E-state index contributed by atoms with van der Waals surface area (Å²) < 4.78 is 3.62. The van der Waals surface area contributed by atoms with E-state index in [1.54, 1.807) is 10.9 Å². The number of hydrogen-bond acceptors (Lipinski definition) is 7. The topological polar surface area (TPSA) is 98.6 Å². The highest BCUT2D eigenvalue weighted by Gasteiger charge is 2.30. The van der Waals surface area contributed by atoms with Gasteiger partial charge in [-0.3, -0.25) is 18.8 Å². The largest absolute Gasteiger partial charge is 0.353 e. The van der Waals surface area contributed by atoms with Crippen molar-refractivity contribution in [2.75, 3.05) is 45.2 Å². The van der Waals surface area contributed by atoms with Crippen molar-refractivity contribution in [3.05, 3.63) is 90.1 Å². The summed E-state index contributed by atoms with van der Waals surface area (Å²) in [7, 11) is 5.79. The Hall–Kier alpha value is -5.01. The van der Waals surface area contributed by atoms with Crippen LogP contribution in [-0.2, 0) is 11.8 Å². The summed E-state index contributed by atoms with van der Waals surface area (Å²) in [5, 5.41) is 14.0. The van der Waals surface area contributed by atoms with Gasteiger partial charge in [0.05, 0.1) is 18.1 Å². The molecule has 10 heteroatoms. The Labute approximate surface area is 245 Å². The molecule has 1 fully saturated rings. The average molecular weight is 560 g/mol. The molecule has 1 aliphatic rings. The van der Waals surface area contributed by atoms with Crippen LogP contribution in [0.25, 0.3) is 28.0 Å². The Morgan fingerprint density at radius 2 is 1.69 bits per heavy atom. The van der Waals surface area contributed by atoms with E-state index >= 15 is 0 Å². The summed E-state index contributed by atoms with van der Waals surface area (Å²) in [6, 6.07) is 18.2. The van der Waals surface area contributed by atoms with Gasteiger partial charge in [0.2, 0.25) is 5.91 Å². The quantitative estimate of drug-likeness (QED) is 0.311. The maximum Gasteiger partial charge on any atom is 0.244 e. The highest BCUT2D eigenvalue weighted by atomic mass is 16.2. The van der Waals surface area contributed by atoms with Crippen LogP contribution in [0.1, 0.15) is 22.9 Å². The molecular formula is C32H33N9O. The fourth-order valence-electron chi connectivity index (χ4n) is 5.61. The van der Waals surface area contributed by atoms with Crippen LogP contribution in [0.15, 0.2) is 73.3 Å². The molecule has 0 saturated carbocycles. The van der Waals surface area contributed by atoms with E-state index in [0.717, 1.165) is 33.8 Å². The van der Waals surface area contributed by atoms with Crippen LogP contribution in [0.4, 0.5) is 5.82 Å². The van der Waals surface area contributed by atoms with Gasteiger partial charge in [-0.25, -0.2) is 9.97 Å².